The lowest BCUT2D eigenvalue weighted by Crippen LogP contribution is -2.39. The molecule has 0 saturated carbocycles. The van der Waals surface area contributed by atoms with Crippen LogP contribution < -0.4 is 14.2 Å². The lowest BCUT2D eigenvalue weighted by atomic mass is 9.97. The zero-order chi connectivity index (χ0) is 14.4. The topological polar surface area (TPSA) is 68.2 Å². The zero-order valence-electron chi connectivity index (χ0n) is 11.4. The molecule has 1 unspecified atom stereocenters. The highest BCUT2D eigenvalue weighted by atomic mass is 16.7. The first-order valence-corrected chi connectivity index (χ1v) is 6.90. The molecular formula is C15H15NO5. The van der Waals surface area contributed by atoms with Crippen LogP contribution in [0.15, 0.2) is 18.2 Å². The number of nitrogens with zero attached hydrogens (tertiary/aromatic N) is 1. The Kier molecular flexibility index (Phi) is 2.62. The predicted octanol–water partition coefficient (Wildman–Crippen LogP) is 1.35. The molecule has 1 aromatic rings. The number of benzene rings is 1. The Morgan fingerprint density at radius 3 is 2.90 bits per heavy atom. The van der Waals surface area contributed by atoms with Gasteiger partial charge < -0.3 is 19.3 Å². The minimum absolute atomic E-state index is 0.0486. The number of carbonyl (C=O) groups is 1. The Labute approximate surface area is 121 Å². The van der Waals surface area contributed by atoms with E-state index in [1.807, 2.05) is 29.2 Å². The van der Waals surface area contributed by atoms with Gasteiger partial charge in [0.25, 0.3) is 0 Å². The second-order valence-electron chi connectivity index (χ2n) is 5.60. The average molecular weight is 289 g/mol. The van der Waals surface area contributed by atoms with Crippen LogP contribution in [-0.4, -0.2) is 48.0 Å². The quantitative estimate of drug-likeness (QED) is 0.886. The van der Waals surface area contributed by atoms with Crippen molar-refractivity contribution in [2.45, 2.75) is 12.0 Å². The van der Waals surface area contributed by atoms with E-state index in [1.54, 1.807) is 0 Å². The van der Waals surface area contributed by atoms with Crippen LogP contribution in [0.3, 0.4) is 0 Å². The van der Waals surface area contributed by atoms with Gasteiger partial charge in [0.2, 0.25) is 6.79 Å². The normalized spacial score (nSPS) is 25.9. The Balaban J connectivity index is 1.59. The van der Waals surface area contributed by atoms with Crippen LogP contribution in [0.5, 0.6) is 17.2 Å². The predicted molar refractivity (Wildman–Crippen MR) is 73.7 cm³/mol. The van der Waals surface area contributed by atoms with Crippen LogP contribution in [0.2, 0.25) is 0 Å². The molecule has 110 valence electrons. The molecule has 4 rings (SSSR count). The summed E-state index contributed by atoms with van der Waals surface area (Å²) in [6, 6.07) is 3.76. The van der Waals surface area contributed by atoms with Crippen LogP contribution >= 0.6 is 0 Å². The van der Waals surface area contributed by atoms with E-state index in [1.165, 1.54) is 0 Å². The van der Waals surface area contributed by atoms with Crippen molar-refractivity contribution in [3.63, 3.8) is 0 Å². The number of carboxylic acids is 1. The van der Waals surface area contributed by atoms with Crippen molar-refractivity contribution >= 4 is 12.0 Å². The molecule has 0 aromatic heterocycles. The monoisotopic (exact) mass is 289 g/mol. The molecule has 1 saturated heterocycles. The standard InChI is InChI=1S/C15H15NO5/c17-14(18)7-16-4-3-15(8-16)2-1-10-5-12-13(20-9-19-12)6-11(10)21-15/h1-2,5-6H,3-4,7-9H2,(H,17,18). The highest BCUT2D eigenvalue weighted by molar-refractivity contribution is 5.69. The molecule has 3 heterocycles. The third-order valence-corrected chi connectivity index (χ3v) is 4.09. The SMILES string of the molecule is O=C(O)CN1CCC2(C=Cc3cc4c(cc3O2)OCO4)C1. The summed E-state index contributed by atoms with van der Waals surface area (Å²) < 4.78 is 16.9. The van der Waals surface area contributed by atoms with Crippen LogP contribution in [0.25, 0.3) is 6.08 Å². The Morgan fingerprint density at radius 2 is 2.10 bits per heavy atom. The minimum atomic E-state index is -0.810. The van der Waals surface area contributed by atoms with Gasteiger partial charge in [-0.25, -0.2) is 0 Å². The summed E-state index contributed by atoms with van der Waals surface area (Å²) in [5.41, 5.74) is 0.525. The molecule has 1 spiro atoms. The van der Waals surface area contributed by atoms with Crippen LogP contribution in [0.4, 0.5) is 0 Å². The summed E-state index contributed by atoms with van der Waals surface area (Å²) in [6.45, 7) is 1.59. The highest BCUT2D eigenvalue weighted by Crippen LogP contribution is 2.43. The molecule has 21 heavy (non-hydrogen) atoms. The molecule has 0 bridgehead atoms. The molecule has 6 nitrogen and oxygen atoms in total. The number of hydrogen-bond acceptors (Lipinski definition) is 5. The fraction of sp³-hybridized carbons (Fsp3) is 0.400. The number of carboxylic acid groups (broad SMARTS) is 1. The van der Waals surface area contributed by atoms with Gasteiger partial charge in [-0.3, -0.25) is 9.69 Å². The first kappa shape index (κ1) is 12.5. The molecule has 3 aliphatic rings. The van der Waals surface area contributed by atoms with E-state index in [0.717, 1.165) is 30.0 Å². The summed E-state index contributed by atoms with van der Waals surface area (Å²) >= 11 is 0. The summed E-state index contributed by atoms with van der Waals surface area (Å²) in [7, 11) is 0. The van der Waals surface area contributed by atoms with Crippen LogP contribution in [0.1, 0.15) is 12.0 Å². The molecule has 1 fully saturated rings. The maximum atomic E-state index is 10.8. The number of hydrogen-bond donors (Lipinski definition) is 1. The third-order valence-electron chi connectivity index (χ3n) is 4.09. The van der Waals surface area contributed by atoms with Gasteiger partial charge in [0.05, 0.1) is 6.54 Å². The number of fused-ring (bicyclic) bond motifs is 2. The lowest BCUT2D eigenvalue weighted by molar-refractivity contribution is -0.138. The van der Waals surface area contributed by atoms with Gasteiger partial charge >= 0.3 is 5.97 Å². The molecule has 6 heteroatoms. The van der Waals surface area contributed by atoms with E-state index in [-0.39, 0.29) is 13.3 Å². The summed E-state index contributed by atoms with van der Waals surface area (Å²) in [5, 5.41) is 8.89. The molecule has 1 atom stereocenters. The Hall–Kier alpha value is -2.21. The van der Waals surface area contributed by atoms with Gasteiger partial charge in [-0.1, -0.05) is 6.08 Å². The second-order valence-corrected chi connectivity index (χ2v) is 5.60. The Bertz CT molecular complexity index is 641. The van der Waals surface area contributed by atoms with Crippen LogP contribution in [-0.2, 0) is 4.79 Å². The first-order valence-electron chi connectivity index (χ1n) is 6.90. The van der Waals surface area contributed by atoms with Gasteiger partial charge in [-0.2, -0.15) is 0 Å². The molecule has 3 aliphatic heterocycles. The smallest absolute Gasteiger partial charge is 0.317 e. The van der Waals surface area contributed by atoms with Crippen molar-refractivity contribution in [3.05, 3.63) is 23.8 Å². The van der Waals surface area contributed by atoms with Crippen molar-refractivity contribution in [2.24, 2.45) is 0 Å². The number of rotatable bonds is 2. The number of likely N-dealkylation sites (tertiary alicyclic amines) is 1. The summed E-state index contributed by atoms with van der Waals surface area (Å²) in [6.07, 6.45) is 4.83. The molecule has 0 radical (unpaired) electrons. The molecule has 0 aliphatic carbocycles. The lowest BCUT2D eigenvalue weighted by Gasteiger charge is -2.31. The largest absolute Gasteiger partial charge is 0.481 e. The summed E-state index contributed by atoms with van der Waals surface area (Å²) in [4.78, 5) is 12.7. The van der Waals surface area contributed by atoms with E-state index in [2.05, 4.69) is 0 Å². The molecule has 1 aromatic carbocycles. The molecule has 1 N–H and O–H groups in total. The average Bonchev–Trinajstić information content (AvgIpc) is 3.03. The van der Waals surface area contributed by atoms with E-state index >= 15 is 0 Å². The fourth-order valence-corrected chi connectivity index (χ4v) is 3.08. The van der Waals surface area contributed by atoms with Gasteiger partial charge in [-0.15, -0.1) is 0 Å². The van der Waals surface area contributed by atoms with Gasteiger partial charge in [0, 0.05) is 31.1 Å². The van der Waals surface area contributed by atoms with Crippen molar-refractivity contribution in [3.8, 4) is 17.2 Å². The van der Waals surface area contributed by atoms with Crippen LogP contribution in [0, 0.1) is 0 Å². The third kappa shape index (κ3) is 2.12. The molecular weight excluding hydrogens is 274 g/mol. The summed E-state index contributed by atoms with van der Waals surface area (Å²) in [5.74, 6) is 1.38. The van der Waals surface area contributed by atoms with Crippen molar-refractivity contribution in [2.75, 3.05) is 26.4 Å². The first-order chi connectivity index (χ1) is 10.1. The minimum Gasteiger partial charge on any atom is -0.481 e. The Morgan fingerprint density at radius 1 is 1.29 bits per heavy atom. The van der Waals surface area contributed by atoms with E-state index in [9.17, 15) is 4.79 Å². The van der Waals surface area contributed by atoms with Crippen molar-refractivity contribution < 1.29 is 24.1 Å². The maximum absolute atomic E-state index is 10.8. The zero-order valence-corrected chi connectivity index (χ0v) is 11.4. The second kappa shape index (κ2) is 4.39. The van der Waals surface area contributed by atoms with Crippen molar-refractivity contribution in [1.29, 1.82) is 0 Å². The van der Waals surface area contributed by atoms with E-state index in [0.29, 0.717) is 12.3 Å². The maximum Gasteiger partial charge on any atom is 0.317 e. The molecule has 0 amide bonds. The van der Waals surface area contributed by atoms with E-state index in [4.69, 9.17) is 19.3 Å². The van der Waals surface area contributed by atoms with Gasteiger partial charge in [0.15, 0.2) is 11.5 Å². The van der Waals surface area contributed by atoms with Crippen molar-refractivity contribution in [1.82, 2.24) is 4.90 Å². The highest BCUT2D eigenvalue weighted by Gasteiger charge is 2.41. The van der Waals surface area contributed by atoms with E-state index < -0.39 is 11.6 Å². The number of ether oxygens (including phenoxy) is 3. The van der Waals surface area contributed by atoms with Gasteiger partial charge in [-0.05, 0) is 12.1 Å². The van der Waals surface area contributed by atoms with Gasteiger partial charge in [0.1, 0.15) is 11.4 Å². The fourth-order valence-electron chi connectivity index (χ4n) is 3.08. The number of aliphatic carboxylic acids is 1.